The van der Waals surface area contributed by atoms with E-state index in [1.165, 1.54) is 15.6 Å². The fourth-order valence-electron chi connectivity index (χ4n) is 3.54. The van der Waals surface area contributed by atoms with Gasteiger partial charge in [-0.05, 0) is 34.6 Å². The Balaban J connectivity index is 2.39. The highest BCUT2D eigenvalue weighted by atomic mass is 28.3. The number of terminal acetylenes is 1. The first-order valence-electron chi connectivity index (χ1n) is 8.61. The first-order valence-corrected chi connectivity index (χ1v) is 10.8. The summed E-state index contributed by atoms with van der Waals surface area (Å²) < 4.78 is 0. The lowest BCUT2D eigenvalue weighted by molar-refractivity contribution is 1.52. The van der Waals surface area contributed by atoms with Crippen LogP contribution in [-0.4, -0.2) is 8.07 Å². The lowest BCUT2D eigenvalue weighted by Crippen LogP contribution is -2.67. The number of rotatable bonds is 5. The zero-order chi connectivity index (χ0) is 17.5. The molecule has 3 rings (SSSR count). The number of benzene rings is 3. The predicted molar refractivity (Wildman–Crippen MR) is 112 cm³/mol. The van der Waals surface area contributed by atoms with E-state index >= 15 is 0 Å². The molecule has 3 aromatic rings. The maximum absolute atomic E-state index is 5.89. The molecule has 122 valence electrons. The van der Waals surface area contributed by atoms with Crippen molar-refractivity contribution in [2.45, 2.75) is 13.0 Å². The SMILES string of the molecule is C#Cc1ccccc1[Si](C/C=C\C)(c1ccccc1)c1ccccc1. The fraction of sp³-hybridized carbons (Fsp3) is 0.0833. The van der Waals surface area contributed by atoms with E-state index in [2.05, 4.69) is 104 Å². The van der Waals surface area contributed by atoms with E-state index in [0.717, 1.165) is 11.6 Å². The van der Waals surface area contributed by atoms with Crippen LogP contribution < -0.4 is 15.6 Å². The van der Waals surface area contributed by atoms with Crippen molar-refractivity contribution in [3.63, 3.8) is 0 Å². The van der Waals surface area contributed by atoms with Crippen LogP contribution in [0.25, 0.3) is 0 Å². The van der Waals surface area contributed by atoms with E-state index in [-0.39, 0.29) is 0 Å². The summed E-state index contributed by atoms with van der Waals surface area (Å²) in [6, 6.07) is 31.2. The summed E-state index contributed by atoms with van der Waals surface area (Å²) in [5.41, 5.74) is 1.01. The quantitative estimate of drug-likeness (QED) is 0.288. The van der Waals surface area contributed by atoms with Crippen molar-refractivity contribution in [3.8, 4) is 12.3 Å². The molecular formula is C24H22Si. The molecule has 0 radical (unpaired) electrons. The minimum Gasteiger partial charge on any atom is -0.115 e. The largest absolute Gasteiger partial charge is 0.153 e. The summed E-state index contributed by atoms with van der Waals surface area (Å²) in [4.78, 5) is 0. The van der Waals surface area contributed by atoms with Crippen LogP contribution in [0.4, 0.5) is 0 Å². The van der Waals surface area contributed by atoms with Crippen LogP contribution in [0.15, 0.2) is 97.1 Å². The average molecular weight is 339 g/mol. The lowest BCUT2D eigenvalue weighted by Gasteiger charge is -2.33. The van der Waals surface area contributed by atoms with E-state index in [9.17, 15) is 0 Å². The normalized spacial score (nSPS) is 11.4. The summed E-state index contributed by atoms with van der Waals surface area (Å²) in [6.07, 6.45) is 10.3. The molecule has 3 aromatic carbocycles. The van der Waals surface area contributed by atoms with Gasteiger partial charge in [0.25, 0.3) is 0 Å². The molecule has 0 bridgehead atoms. The summed E-state index contributed by atoms with van der Waals surface area (Å²) in [6.45, 7) is 2.09. The third kappa shape index (κ3) is 3.22. The number of allylic oxidation sites excluding steroid dienone is 2. The molecule has 0 aromatic heterocycles. The van der Waals surface area contributed by atoms with E-state index < -0.39 is 8.07 Å². The summed E-state index contributed by atoms with van der Waals surface area (Å²) in [5.74, 6) is 2.93. The minimum absolute atomic E-state index is 0.996. The Kier molecular flexibility index (Phi) is 5.33. The molecule has 0 aliphatic rings. The third-order valence-corrected chi connectivity index (χ3v) is 9.58. The zero-order valence-corrected chi connectivity index (χ0v) is 15.5. The minimum atomic E-state index is -2.24. The van der Waals surface area contributed by atoms with Crippen LogP contribution in [0, 0.1) is 12.3 Å². The molecule has 0 nitrogen and oxygen atoms in total. The Morgan fingerprint density at radius 3 is 1.84 bits per heavy atom. The molecule has 25 heavy (non-hydrogen) atoms. The van der Waals surface area contributed by atoms with E-state index in [1.807, 2.05) is 6.07 Å². The van der Waals surface area contributed by atoms with Gasteiger partial charge < -0.3 is 0 Å². The number of hydrogen-bond acceptors (Lipinski definition) is 0. The molecule has 0 saturated heterocycles. The molecule has 0 aliphatic heterocycles. The fourth-order valence-corrected chi connectivity index (χ4v) is 8.30. The van der Waals surface area contributed by atoms with Gasteiger partial charge >= 0.3 is 0 Å². The second kappa shape index (κ2) is 7.83. The molecule has 0 amide bonds. The molecule has 0 atom stereocenters. The van der Waals surface area contributed by atoms with Crippen molar-refractivity contribution in [1.29, 1.82) is 0 Å². The standard InChI is InChI=1S/C24H22Si/c1-3-5-20-25(22-15-8-6-9-16-22,23-17-10-7-11-18-23)24-19-13-12-14-21(24)4-2/h2-3,5-19H,20H2,1H3/b5-3-. The second-order valence-corrected chi connectivity index (χ2v) is 10.0. The lowest BCUT2D eigenvalue weighted by atomic mass is 10.2. The summed E-state index contributed by atoms with van der Waals surface area (Å²) in [5, 5.41) is 4.09. The van der Waals surface area contributed by atoms with Gasteiger partial charge in [0.1, 0.15) is 0 Å². The second-order valence-electron chi connectivity index (χ2n) is 6.10. The highest BCUT2D eigenvalue weighted by Crippen LogP contribution is 2.15. The Morgan fingerprint density at radius 1 is 0.800 bits per heavy atom. The van der Waals surface area contributed by atoms with Crippen LogP contribution in [0.5, 0.6) is 0 Å². The van der Waals surface area contributed by atoms with Crippen LogP contribution in [0.2, 0.25) is 6.04 Å². The van der Waals surface area contributed by atoms with Gasteiger partial charge in [-0.1, -0.05) is 96.9 Å². The molecule has 1 heteroatoms. The first kappa shape index (κ1) is 17.0. The van der Waals surface area contributed by atoms with Crippen molar-refractivity contribution >= 4 is 23.6 Å². The Hall–Kier alpha value is -2.82. The van der Waals surface area contributed by atoms with Gasteiger partial charge in [-0.15, -0.1) is 6.42 Å². The predicted octanol–water partition coefficient (Wildman–Crippen LogP) is 3.71. The summed E-state index contributed by atoms with van der Waals surface area (Å²) in [7, 11) is -2.24. The van der Waals surface area contributed by atoms with E-state index in [0.29, 0.717) is 0 Å². The van der Waals surface area contributed by atoms with Crippen molar-refractivity contribution < 1.29 is 0 Å². The maximum Gasteiger partial charge on any atom is 0.153 e. The van der Waals surface area contributed by atoms with Crippen molar-refractivity contribution in [3.05, 3.63) is 103 Å². The summed E-state index contributed by atoms with van der Waals surface area (Å²) >= 11 is 0. The van der Waals surface area contributed by atoms with E-state index in [4.69, 9.17) is 6.42 Å². The van der Waals surface area contributed by atoms with Crippen molar-refractivity contribution in [1.82, 2.24) is 0 Å². The topological polar surface area (TPSA) is 0 Å². The Bertz CT molecular complexity index is 847. The molecule has 0 fully saturated rings. The van der Waals surface area contributed by atoms with Gasteiger partial charge in [-0.25, -0.2) is 0 Å². The Labute approximate surface area is 151 Å². The molecule has 0 unspecified atom stereocenters. The Morgan fingerprint density at radius 2 is 1.32 bits per heavy atom. The molecule has 0 saturated carbocycles. The molecular weight excluding hydrogens is 316 g/mol. The van der Waals surface area contributed by atoms with E-state index in [1.54, 1.807) is 0 Å². The van der Waals surface area contributed by atoms with Crippen LogP contribution >= 0.6 is 0 Å². The van der Waals surface area contributed by atoms with Crippen LogP contribution in [0.1, 0.15) is 12.5 Å². The smallest absolute Gasteiger partial charge is 0.115 e. The molecule has 0 heterocycles. The highest BCUT2D eigenvalue weighted by molar-refractivity contribution is 7.12. The average Bonchev–Trinajstić information content (AvgIpc) is 2.70. The maximum atomic E-state index is 5.89. The molecule has 0 spiro atoms. The van der Waals surface area contributed by atoms with Gasteiger partial charge in [0.05, 0.1) is 0 Å². The monoisotopic (exact) mass is 338 g/mol. The van der Waals surface area contributed by atoms with Crippen LogP contribution in [0.3, 0.4) is 0 Å². The molecule has 0 N–H and O–H groups in total. The molecule has 0 aliphatic carbocycles. The van der Waals surface area contributed by atoms with Gasteiger partial charge in [0.2, 0.25) is 0 Å². The van der Waals surface area contributed by atoms with Gasteiger partial charge in [0.15, 0.2) is 8.07 Å². The first-order chi connectivity index (χ1) is 12.3. The zero-order valence-electron chi connectivity index (χ0n) is 14.5. The van der Waals surface area contributed by atoms with Gasteiger partial charge in [0, 0.05) is 5.56 Å². The van der Waals surface area contributed by atoms with Gasteiger partial charge in [-0.3, -0.25) is 0 Å². The van der Waals surface area contributed by atoms with Crippen LogP contribution in [-0.2, 0) is 0 Å². The third-order valence-electron chi connectivity index (χ3n) is 4.74. The van der Waals surface area contributed by atoms with Crippen molar-refractivity contribution in [2.24, 2.45) is 0 Å². The highest BCUT2D eigenvalue weighted by Gasteiger charge is 2.39. The van der Waals surface area contributed by atoms with Crippen molar-refractivity contribution in [2.75, 3.05) is 0 Å². The number of hydrogen-bond donors (Lipinski definition) is 0. The van der Waals surface area contributed by atoms with Gasteiger partial charge in [-0.2, -0.15) is 0 Å².